The van der Waals surface area contributed by atoms with Crippen LogP contribution in [0.1, 0.15) is 26.2 Å². The summed E-state index contributed by atoms with van der Waals surface area (Å²) in [4.78, 5) is 12.1. The molecule has 1 saturated heterocycles. The lowest BCUT2D eigenvalue weighted by atomic mass is 10.0. The fourth-order valence-electron chi connectivity index (χ4n) is 2.27. The van der Waals surface area contributed by atoms with Crippen LogP contribution in [0.4, 0.5) is 5.69 Å². The lowest BCUT2D eigenvalue weighted by Crippen LogP contribution is -2.40. The molecule has 1 aliphatic rings. The van der Waals surface area contributed by atoms with Gasteiger partial charge in [-0.2, -0.15) is 5.10 Å². The summed E-state index contributed by atoms with van der Waals surface area (Å²) in [7, 11) is 1.67. The molecule has 1 aromatic rings. The van der Waals surface area contributed by atoms with Crippen molar-refractivity contribution < 1.29 is 9.47 Å². The van der Waals surface area contributed by atoms with E-state index >= 15 is 0 Å². The molecule has 6 nitrogen and oxygen atoms in total. The van der Waals surface area contributed by atoms with Gasteiger partial charge in [0.05, 0.1) is 18.5 Å². The van der Waals surface area contributed by atoms with E-state index in [0.29, 0.717) is 32.0 Å². The van der Waals surface area contributed by atoms with Crippen molar-refractivity contribution in [2.24, 2.45) is 0 Å². The smallest absolute Gasteiger partial charge is 0.287 e. The number of hydrogen-bond donors (Lipinski definition) is 1. The van der Waals surface area contributed by atoms with E-state index in [1.807, 2.05) is 0 Å². The van der Waals surface area contributed by atoms with Crippen molar-refractivity contribution in [3.63, 3.8) is 0 Å². The van der Waals surface area contributed by atoms with Crippen LogP contribution in [-0.2, 0) is 16.0 Å². The molecule has 1 fully saturated rings. The van der Waals surface area contributed by atoms with E-state index in [1.54, 1.807) is 13.3 Å². The molecular formula is C14H22ClN3O3. The van der Waals surface area contributed by atoms with Crippen LogP contribution in [0.15, 0.2) is 11.0 Å². The maximum absolute atomic E-state index is 12.1. The first-order chi connectivity index (χ1) is 10.1. The van der Waals surface area contributed by atoms with Gasteiger partial charge in [0.25, 0.3) is 5.56 Å². The molecule has 1 atom stereocenters. The van der Waals surface area contributed by atoms with Crippen molar-refractivity contribution in [3.05, 3.63) is 21.6 Å². The van der Waals surface area contributed by atoms with Crippen LogP contribution < -0.4 is 10.9 Å². The van der Waals surface area contributed by atoms with E-state index in [0.717, 1.165) is 19.3 Å². The maximum atomic E-state index is 12.1. The molecule has 0 bridgehead atoms. The Balaban J connectivity index is 2.07. The lowest BCUT2D eigenvalue weighted by molar-refractivity contribution is -0.00620. The average Bonchev–Trinajstić information content (AvgIpc) is 2.97. The molecule has 0 saturated carbocycles. The lowest BCUT2D eigenvalue weighted by Gasteiger charge is -2.26. The third-order valence-corrected chi connectivity index (χ3v) is 4.17. The first kappa shape index (κ1) is 16.3. The number of ether oxygens (including phenoxy) is 2. The summed E-state index contributed by atoms with van der Waals surface area (Å²) in [5.74, 6) is 0. The Labute approximate surface area is 129 Å². The van der Waals surface area contributed by atoms with E-state index in [-0.39, 0.29) is 16.2 Å². The molecule has 0 amide bonds. The highest BCUT2D eigenvalue weighted by Crippen LogP contribution is 2.24. The first-order valence-corrected chi connectivity index (χ1v) is 7.62. The largest absolute Gasteiger partial charge is 0.379 e. The topological polar surface area (TPSA) is 65.4 Å². The number of nitrogens with zero attached hydrogens (tertiary/aromatic N) is 2. The Morgan fingerprint density at radius 2 is 2.43 bits per heavy atom. The predicted molar refractivity (Wildman–Crippen MR) is 82.1 cm³/mol. The van der Waals surface area contributed by atoms with Gasteiger partial charge in [0.2, 0.25) is 0 Å². The third kappa shape index (κ3) is 3.75. The van der Waals surface area contributed by atoms with E-state index < -0.39 is 0 Å². The van der Waals surface area contributed by atoms with Gasteiger partial charge in [0.1, 0.15) is 10.6 Å². The minimum absolute atomic E-state index is 0.172. The summed E-state index contributed by atoms with van der Waals surface area (Å²) in [5.41, 5.74) is -0.0811. The van der Waals surface area contributed by atoms with Crippen molar-refractivity contribution >= 4 is 17.3 Å². The monoisotopic (exact) mass is 315 g/mol. The van der Waals surface area contributed by atoms with Crippen molar-refractivity contribution in [1.82, 2.24) is 9.78 Å². The van der Waals surface area contributed by atoms with Gasteiger partial charge in [-0.05, 0) is 6.42 Å². The molecule has 1 aromatic heterocycles. The second-order valence-electron chi connectivity index (χ2n) is 5.30. The molecule has 0 aliphatic carbocycles. The Bertz CT molecular complexity index is 527. The molecule has 7 heteroatoms. The fraction of sp³-hybridized carbons (Fsp3) is 0.714. The molecule has 1 unspecified atom stereocenters. The minimum Gasteiger partial charge on any atom is -0.379 e. The van der Waals surface area contributed by atoms with Gasteiger partial charge in [0, 0.05) is 33.2 Å². The Hall–Kier alpha value is -1.11. The van der Waals surface area contributed by atoms with Crippen molar-refractivity contribution in [2.45, 2.75) is 38.3 Å². The van der Waals surface area contributed by atoms with Crippen molar-refractivity contribution in [2.75, 3.05) is 32.2 Å². The summed E-state index contributed by atoms with van der Waals surface area (Å²) in [5, 5.41) is 7.49. The van der Waals surface area contributed by atoms with E-state index in [2.05, 4.69) is 17.3 Å². The molecule has 1 aliphatic heterocycles. The van der Waals surface area contributed by atoms with Gasteiger partial charge in [-0.25, -0.2) is 4.68 Å². The van der Waals surface area contributed by atoms with Gasteiger partial charge in [-0.1, -0.05) is 24.9 Å². The quantitative estimate of drug-likeness (QED) is 0.832. The van der Waals surface area contributed by atoms with E-state index in [1.165, 1.54) is 4.68 Å². The van der Waals surface area contributed by atoms with Crippen LogP contribution in [0, 0.1) is 0 Å². The molecule has 118 valence electrons. The van der Waals surface area contributed by atoms with Gasteiger partial charge in [0.15, 0.2) is 0 Å². The normalized spacial score (nSPS) is 21.7. The van der Waals surface area contributed by atoms with E-state index in [4.69, 9.17) is 21.1 Å². The summed E-state index contributed by atoms with van der Waals surface area (Å²) in [6, 6.07) is 0. The third-order valence-electron chi connectivity index (χ3n) is 3.81. The second kappa shape index (κ2) is 7.24. The number of methoxy groups -OCH3 is 1. The molecule has 0 radical (unpaired) electrons. The zero-order valence-electron chi connectivity index (χ0n) is 12.5. The van der Waals surface area contributed by atoms with Gasteiger partial charge < -0.3 is 14.8 Å². The maximum Gasteiger partial charge on any atom is 0.287 e. The number of hydrogen-bond acceptors (Lipinski definition) is 5. The van der Waals surface area contributed by atoms with Crippen LogP contribution in [0.2, 0.25) is 5.02 Å². The molecule has 2 rings (SSSR count). The van der Waals surface area contributed by atoms with Crippen LogP contribution in [-0.4, -0.2) is 42.2 Å². The van der Waals surface area contributed by atoms with Crippen LogP contribution >= 0.6 is 11.6 Å². The van der Waals surface area contributed by atoms with Crippen LogP contribution in [0.5, 0.6) is 0 Å². The highest BCUT2D eigenvalue weighted by Gasteiger charge is 2.34. The summed E-state index contributed by atoms with van der Waals surface area (Å²) < 4.78 is 12.3. The SMILES string of the molecule is CCCCn1ncc(NCC2(OC)CCOC2)c(Cl)c1=O. The number of nitrogens with one attached hydrogen (secondary N) is 1. The van der Waals surface area contributed by atoms with Crippen LogP contribution in [0.25, 0.3) is 0 Å². The summed E-state index contributed by atoms with van der Waals surface area (Å²) >= 11 is 6.14. The zero-order chi connectivity index (χ0) is 15.3. The Morgan fingerprint density at radius 1 is 1.62 bits per heavy atom. The van der Waals surface area contributed by atoms with Gasteiger partial charge in [-0.15, -0.1) is 0 Å². The number of aromatic nitrogens is 2. The minimum atomic E-state index is -0.361. The van der Waals surface area contributed by atoms with Crippen molar-refractivity contribution in [3.8, 4) is 0 Å². The first-order valence-electron chi connectivity index (χ1n) is 7.24. The highest BCUT2D eigenvalue weighted by atomic mass is 35.5. The molecular weight excluding hydrogens is 294 g/mol. The number of rotatable bonds is 7. The number of unbranched alkanes of at least 4 members (excludes halogenated alkanes) is 1. The molecule has 21 heavy (non-hydrogen) atoms. The van der Waals surface area contributed by atoms with Gasteiger partial charge in [-0.3, -0.25) is 4.79 Å². The molecule has 0 spiro atoms. The second-order valence-corrected chi connectivity index (χ2v) is 5.68. The number of halogens is 1. The predicted octanol–water partition coefficient (Wildman–Crippen LogP) is 1.91. The van der Waals surface area contributed by atoms with E-state index in [9.17, 15) is 4.79 Å². The average molecular weight is 316 g/mol. The van der Waals surface area contributed by atoms with Gasteiger partial charge >= 0.3 is 0 Å². The molecule has 0 aromatic carbocycles. The standard InChI is InChI=1S/C14H22ClN3O3/c1-3-4-6-18-13(19)12(15)11(8-17-18)16-9-14(20-2)5-7-21-10-14/h8,16H,3-7,9-10H2,1-2H3. The summed E-state index contributed by atoms with van der Waals surface area (Å²) in [6.45, 7) is 4.40. The molecule has 2 heterocycles. The zero-order valence-corrected chi connectivity index (χ0v) is 13.3. The Morgan fingerprint density at radius 3 is 3.05 bits per heavy atom. The van der Waals surface area contributed by atoms with Crippen molar-refractivity contribution in [1.29, 1.82) is 0 Å². The highest BCUT2D eigenvalue weighted by molar-refractivity contribution is 6.32. The van der Waals surface area contributed by atoms with Crippen LogP contribution in [0.3, 0.4) is 0 Å². The molecule has 1 N–H and O–H groups in total. The summed E-state index contributed by atoms with van der Waals surface area (Å²) in [6.07, 6.45) is 4.32. The Kier molecular flexibility index (Phi) is 5.61. The number of aryl methyl sites for hydroxylation is 1. The number of anilines is 1. The fourth-order valence-corrected chi connectivity index (χ4v) is 2.49.